The number of rotatable bonds is 4. The topological polar surface area (TPSA) is 31.4 Å². The first-order valence-corrected chi connectivity index (χ1v) is 8.46. The monoisotopic (exact) mass is 308 g/mol. The second-order valence-electron chi connectivity index (χ2n) is 6.79. The van der Waals surface area contributed by atoms with E-state index in [1.807, 2.05) is 12.3 Å². The molecule has 0 amide bonds. The highest BCUT2D eigenvalue weighted by Crippen LogP contribution is 2.27. The molecule has 120 valence electrons. The number of pyridine rings is 1. The number of fused-ring (bicyclic) bond motifs is 1. The zero-order valence-electron chi connectivity index (χ0n) is 13.7. The van der Waals surface area contributed by atoms with Crippen LogP contribution in [0.5, 0.6) is 0 Å². The minimum atomic E-state index is 0.853. The van der Waals surface area contributed by atoms with E-state index in [1.165, 1.54) is 31.7 Å². The number of hydrogen-bond donors (Lipinski definition) is 1. The third-order valence-corrected chi connectivity index (χ3v) is 5.17. The molecule has 2 saturated heterocycles. The summed E-state index contributed by atoms with van der Waals surface area (Å²) >= 11 is 0. The summed E-state index contributed by atoms with van der Waals surface area (Å²) in [5, 5.41) is 3.50. The summed E-state index contributed by atoms with van der Waals surface area (Å²) in [5.74, 6) is 2.69. The Balaban J connectivity index is 1.40. The van der Waals surface area contributed by atoms with Crippen molar-refractivity contribution in [3.63, 3.8) is 0 Å². The van der Waals surface area contributed by atoms with Crippen LogP contribution in [-0.2, 0) is 6.54 Å². The molecule has 2 aromatic rings. The standard InChI is InChI=1S/C19H24N4/c1-22(18-5-3-2-4-6-18)19-8-7-15(9-21-19)12-23-13-16-10-20-11-17(16)14-23/h2-9,16-17,20H,10-14H2,1H3/t16-,17+. The van der Waals surface area contributed by atoms with Crippen molar-refractivity contribution in [3.8, 4) is 0 Å². The summed E-state index contributed by atoms with van der Waals surface area (Å²) in [6.45, 7) is 5.86. The Morgan fingerprint density at radius 3 is 2.48 bits per heavy atom. The Kier molecular flexibility index (Phi) is 4.02. The molecule has 0 unspecified atom stereocenters. The van der Waals surface area contributed by atoms with Gasteiger partial charge >= 0.3 is 0 Å². The molecule has 3 heterocycles. The third-order valence-electron chi connectivity index (χ3n) is 5.17. The van der Waals surface area contributed by atoms with Gasteiger partial charge in [-0.15, -0.1) is 0 Å². The molecule has 0 saturated carbocycles. The fourth-order valence-electron chi connectivity index (χ4n) is 3.83. The second kappa shape index (κ2) is 6.30. The van der Waals surface area contributed by atoms with Crippen molar-refractivity contribution in [2.75, 3.05) is 38.1 Å². The zero-order valence-corrected chi connectivity index (χ0v) is 13.7. The van der Waals surface area contributed by atoms with Crippen LogP contribution in [0.2, 0.25) is 0 Å². The summed E-state index contributed by atoms with van der Waals surface area (Å²) in [4.78, 5) is 9.35. The normalized spacial score (nSPS) is 23.9. The van der Waals surface area contributed by atoms with Gasteiger partial charge in [0.15, 0.2) is 0 Å². The summed E-state index contributed by atoms with van der Waals surface area (Å²) in [6, 6.07) is 14.7. The van der Waals surface area contributed by atoms with E-state index < -0.39 is 0 Å². The lowest BCUT2D eigenvalue weighted by atomic mass is 10.0. The minimum absolute atomic E-state index is 0.853. The molecule has 0 radical (unpaired) electrons. The lowest BCUT2D eigenvalue weighted by molar-refractivity contribution is 0.305. The highest BCUT2D eigenvalue weighted by Gasteiger charge is 2.35. The van der Waals surface area contributed by atoms with Gasteiger partial charge in [-0.25, -0.2) is 4.98 Å². The van der Waals surface area contributed by atoms with E-state index >= 15 is 0 Å². The number of anilines is 2. The van der Waals surface area contributed by atoms with Crippen LogP contribution in [0.3, 0.4) is 0 Å². The lowest BCUT2D eigenvalue weighted by Gasteiger charge is -2.20. The van der Waals surface area contributed by atoms with E-state index in [-0.39, 0.29) is 0 Å². The number of benzene rings is 1. The van der Waals surface area contributed by atoms with Crippen molar-refractivity contribution < 1.29 is 0 Å². The molecular weight excluding hydrogens is 284 g/mol. The third kappa shape index (κ3) is 3.09. The van der Waals surface area contributed by atoms with Crippen LogP contribution in [0.4, 0.5) is 11.5 Å². The van der Waals surface area contributed by atoms with Crippen molar-refractivity contribution in [2.45, 2.75) is 6.54 Å². The van der Waals surface area contributed by atoms with Crippen molar-refractivity contribution in [1.82, 2.24) is 15.2 Å². The molecular formula is C19H24N4. The first-order chi connectivity index (χ1) is 11.3. The van der Waals surface area contributed by atoms with E-state index in [0.29, 0.717) is 0 Å². The summed E-state index contributed by atoms with van der Waals surface area (Å²) in [5.41, 5.74) is 2.47. The molecule has 0 bridgehead atoms. The molecule has 1 N–H and O–H groups in total. The number of likely N-dealkylation sites (tertiary alicyclic amines) is 1. The van der Waals surface area contributed by atoms with E-state index in [2.05, 4.69) is 63.5 Å². The predicted molar refractivity (Wildman–Crippen MR) is 93.9 cm³/mol. The predicted octanol–water partition coefficient (Wildman–Crippen LogP) is 2.50. The van der Waals surface area contributed by atoms with Crippen LogP contribution >= 0.6 is 0 Å². The smallest absolute Gasteiger partial charge is 0.132 e. The first-order valence-electron chi connectivity index (χ1n) is 8.46. The molecule has 2 aliphatic heterocycles. The van der Waals surface area contributed by atoms with E-state index in [9.17, 15) is 0 Å². The van der Waals surface area contributed by atoms with Crippen LogP contribution in [-0.4, -0.2) is 43.1 Å². The average molecular weight is 308 g/mol. The van der Waals surface area contributed by atoms with Crippen molar-refractivity contribution in [3.05, 3.63) is 54.2 Å². The lowest BCUT2D eigenvalue weighted by Crippen LogP contribution is -2.25. The molecule has 2 fully saturated rings. The molecule has 4 heteroatoms. The maximum Gasteiger partial charge on any atom is 0.132 e. The molecule has 0 spiro atoms. The van der Waals surface area contributed by atoms with Gasteiger partial charge in [-0.05, 0) is 48.7 Å². The molecule has 4 nitrogen and oxygen atoms in total. The van der Waals surface area contributed by atoms with Gasteiger partial charge in [0.2, 0.25) is 0 Å². The first kappa shape index (κ1) is 14.7. The second-order valence-corrected chi connectivity index (χ2v) is 6.79. The van der Waals surface area contributed by atoms with E-state index in [0.717, 1.165) is 29.9 Å². The Morgan fingerprint density at radius 1 is 1.09 bits per heavy atom. The number of aromatic nitrogens is 1. The molecule has 2 aliphatic rings. The van der Waals surface area contributed by atoms with Crippen LogP contribution in [0, 0.1) is 11.8 Å². The fraction of sp³-hybridized carbons (Fsp3) is 0.421. The van der Waals surface area contributed by atoms with Gasteiger partial charge in [0, 0.05) is 38.6 Å². The zero-order chi connectivity index (χ0) is 15.6. The maximum atomic E-state index is 4.66. The average Bonchev–Trinajstić information content (AvgIpc) is 3.17. The summed E-state index contributed by atoms with van der Waals surface area (Å²) in [7, 11) is 2.06. The van der Waals surface area contributed by atoms with Crippen molar-refractivity contribution >= 4 is 11.5 Å². The molecule has 1 aromatic carbocycles. The molecule has 2 atom stereocenters. The van der Waals surface area contributed by atoms with Crippen LogP contribution < -0.4 is 10.2 Å². The highest BCUT2D eigenvalue weighted by molar-refractivity contribution is 5.58. The molecule has 23 heavy (non-hydrogen) atoms. The van der Waals surface area contributed by atoms with Gasteiger partial charge in [-0.1, -0.05) is 24.3 Å². The fourth-order valence-corrected chi connectivity index (χ4v) is 3.83. The number of nitrogens with zero attached hydrogens (tertiary/aromatic N) is 3. The van der Waals surface area contributed by atoms with E-state index in [4.69, 9.17) is 0 Å². The van der Waals surface area contributed by atoms with Crippen molar-refractivity contribution in [2.24, 2.45) is 11.8 Å². The Hall–Kier alpha value is -1.91. The number of hydrogen-bond acceptors (Lipinski definition) is 4. The van der Waals surface area contributed by atoms with Gasteiger partial charge in [-0.2, -0.15) is 0 Å². The molecule has 1 aromatic heterocycles. The summed E-state index contributed by atoms with van der Waals surface area (Å²) < 4.78 is 0. The minimum Gasteiger partial charge on any atom is -0.329 e. The maximum absolute atomic E-state index is 4.66. The van der Waals surface area contributed by atoms with Crippen LogP contribution in [0.25, 0.3) is 0 Å². The van der Waals surface area contributed by atoms with Gasteiger partial charge in [-0.3, -0.25) is 4.90 Å². The Labute approximate surface area is 138 Å². The quantitative estimate of drug-likeness (QED) is 0.940. The summed E-state index contributed by atoms with van der Waals surface area (Å²) in [6.07, 6.45) is 2.03. The number of nitrogens with one attached hydrogen (secondary N) is 1. The van der Waals surface area contributed by atoms with Gasteiger partial charge in [0.05, 0.1) is 0 Å². The SMILES string of the molecule is CN(c1ccccc1)c1ccc(CN2C[C@H]3CNC[C@H]3C2)cn1. The van der Waals surface area contributed by atoms with Gasteiger partial charge < -0.3 is 10.2 Å². The van der Waals surface area contributed by atoms with E-state index in [1.54, 1.807) is 0 Å². The largest absolute Gasteiger partial charge is 0.329 e. The molecule has 0 aliphatic carbocycles. The number of para-hydroxylation sites is 1. The van der Waals surface area contributed by atoms with Crippen molar-refractivity contribution in [1.29, 1.82) is 0 Å². The van der Waals surface area contributed by atoms with Crippen LogP contribution in [0.1, 0.15) is 5.56 Å². The van der Waals surface area contributed by atoms with Crippen LogP contribution in [0.15, 0.2) is 48.7 Å². The molecule has 4 rings (SSSR count). The van der Waals surface area contributed by atoms with Gasteiger partial charge in [0.1, 0.15) is 5.82 Å². The highest BCUT2D eigenvalue weighted by atomic mass is 15.2. The van der Waals surface area contributed by atoms with Gasteiger partial charge in [0.25, 0.3) is 0 Å². The Bertz CT molecular complexity index is 628. The Morgan fingerprint density at radius 2 is 1.83 bits per heavy atom.